The third-order valence-corrected chi connectivity index (χ3v) is 2.68. The summed E-state index contributed by atoms with van der Waals surface area (Å²) in [6, 6.07) is 7.93. The van der Waals surface area contributed by atoms with E-state index >= 15 is 0 Å². The van der Waals surface area contributed by atoms with E-state index in [-0.39, 0.29) is 11.3 Å². The van der Waals surface area contributed by atoms with Crippen LogP contribution in [0.15, 0.2) is 36.7 Å². The van der Waals surface area contributed by atoms with Gasteiger partial charge in [0.25, 0.3) is 0 Å². The number of rotatable bonds is 4. The summed E-state index contributed by atoms with van der Waals surface area (Å²) in [5.74, 6) is -2.13. The van der Waals surface area contributed by atoms with E-state index in [4.69, 9.17) is 5.26 Å². The Morgan fingerprint density at radius 3 is 2.53 bits per heavy atom. The van der Waals surface area contributed by atoms with Gasteiger partial charge in [-0.05, 0) is 36.2 Å². The zero-order valence-electron chi connectivity index (χ0n) is 10.0. The molecular weight excluding hydrogens is 248 g/mol. The molecule has 0 saturated heterocycles. The van der Waals surface area contributed by atoms with E-state index in [2.05, 4.69) is 10.3 Å². The maximum atomic E-state index is 13.6. The fourth-order valence-corrected chi connectivity index (χ4v) is 1.66. The standard InChI is InChI=1S/C14H11F2N3/c15-13-11(9-17)1-2-12(14(13)16)19-8-5-10-3-6-18-7-4-10/h1-4,6-7,19H,5,8H2. The molecule has 19 heavy (non-hydrogen) atoms. The second-order valence-corrected chi connectivity index (χ2v) is 3.93. The highest BCUT2D eigenvalue weighted by Gasteiger charge is 2.12. The first-order valence-electron chi connectivity index (χ1n) is 5.73. The van der Waals surface area contributed by atoms with Crippen molar-refractivity contribution in [3.8, 4) is 6.07 Å². The number of nitriles is 1. The number of hydrogen-bond acceptors (Lipinski definition) is 3. The van der Waals surface area contributed by atoms with E-state index in [1.165, 1.54) is 12.1 Å². The minimum atomic E-state index is -1.11. The van der Waals surface area contributed by atoms with Gasteiger partial charge < -0.3 is 5.32 Å². The average molecular weight is 259 g/mol. The van der Waals surface area contributed by atoms with Crippen molar-refractivity contribution in [1.29, 1.82) is 5.26 Å². The number of aromatic nitrogens is 1. The molecule has 0 amide bonds. The van der Waals surface area contributed by atoms with Gasteiger partial charge in [0, 0.05) is 18.9 Å². The molecule has 0 aliphatic rings. The largest absolute Gasteiger partial charge is 0.382 e. The summed E-state index contributed by atoms with van der Waals surface area (Å²) in [6.07, 6.45) is 4.03. The maximum absolute atomic E-state index is 13.6. The van der Waals surface area contributed by atoms with Crippen molar-refractivity contribution in [3.63, 3.8) is 0 Å². The molecular formula is C14H11F2N3. The summed E-state index contributed by atoms with van der Waals surface area (Å²) in [4.78, 5) is 3.90. The van der Waals surface area contributed by atoms with E-state index in [0.29, 0.717) is 13.0 Å². The first-order valence-corrected chi connectivity index (χ1v) is 5.73. The van der Waals surface area contributed by atoms with Crippen LogP contribution < -0.4 is 5.32 Å². The van der Waals surface area contributed by atoms with Crippen molar-refractivity contribution in [3.05, 3.63) is 59.4 Å². The maximum Gasteiger partial charge on any atom is 0.183 e. The molecule has 2 rings (SSSR count). The van der Waals surface area contributed by atoms with Gasteiger partial charge in [-0.15, -0.1) is 0 Å². The summed E-state index contributed by atoms with van der Waals surface area (Å²) >= 11 is 0. The van der Waals surface area contributed by atoms with Crippen molar-refractivity contribution >= 4 is 5.69 Å². The summed E-state index contributed by atoms with van der Waals surface area (Å²) in [5, 5.41) is 11.4. The van der Waals surface area contributed by atoms with E-state index < -0.39 is 11.6 Å². The van der Waals surface area contributed by atoms with Gasteiger partial charge in [0.1, 0.15) is 6.07 Å². The molecule has 3 nitrogen and oxygen atoms in total. The van der Waals surface area contributed by atoms with Gasteiger partial charge in [-0.25, -0.2) is 8.78 Å². The van der Waals surface area contributed by atoms with Crippen LogP contribution in [0.5, 0.6) is 0 Å². The Morgan fingerprint density at radius 1 is 1.11 bits per heavy atom. The van der Waals surface area contributed by atoms with Gasteiger partial charge in [0.15, 0.2) is 11.6 Å². The zero-order valence-corrected chi connectivity index (χ0v) is 10.0. The van der Waals surface area contributed by atoms with Crippen molar-refractivity contribution in [2.75, 3.05) is 11.9 Å². The molecule has 0 aliphatic heterocycles. The normalized spacial score (nSPS) is 9.95. The average Bonchev–Trinajstić information content (AvgIpc) is 2.45. The van der Waals surface area contributed by atoms with Crippen LogP contribution in [0.1, 0.15) is 11.1 Å². The first kappa shape index (κ1) is 13.0. The van der Waals surface area contributed by atoms with Gasteiger partial charge in [-0.1, -0.05) is 0 Å². The summed E-state index contributed by atoms with van der Waals surface area (Å²) in [5.41, 5.74) is 0.819. The Bertz CT molecular complexity index is 606. The lowest BCUT2D eigenvalue weighted by molar-refractivity contribution is 0.508. The Morgan fingerprint density at radius 2 is 1.84 bits per heavy atom. The number of pyridine rings is 1. The van der Waals surface area contributed by atoms with Crippen LogP contribution >= 0.6 is 0 Å². The monoisotopic (exact) mass is 259 g/mol. The smallest absolute Gasteiger partial charge is 0.183 e. The Labute approximate surface area is 109 Å². The fraction of sp³-hybridized carbons (Fsp3) is 0.143. The number of nitrogens with one attached hydrogen (secondary N) is 1. The minimum Gasteiger partial charge on any atom is -0.382 e. The second-order valence-electron chi connectivity index (χ2n) is 3.93. The van der Waals surface area contributed by atoms with E-state index in [1.54, 1.807) is 18.5 Å². The zero-order chi connectivity index (χ0) is 13.7. The highest BCUT2D eigenvalue weighted by molar-refractivity contribution is 5.49. The van der Waals surface area contributed by atoms with E-state index in [9.17, 15) is 8.78 Å². The third-order valence-electron chi connectivity index (χ3n) is 2.68. The molecule has 5 heteroatoms. The Kier molecular flexibility index (Phi) is 4.04. The quantitative estimate of drug-likeness (QED) is 0.918. The van der Waals surface area contributed by atoms with Crippen molar-refractivity contribution in [1.82, 2.24) is 4.98 Å². The number of anilines is 1. The van der Waals surface area contributed by atoms with Crippen molar-refractivity contribution in [2.45, 2.75) is 6.42 Å². The van der Waals surface area contributed by atoms with Crippen molar-refractivity contribution < 1.29 is 8.78 Å². The first-order chi connectivity index (χ1) is 9.22. The van der Waals surface area contributed by atoms with Crippen LogP contribution in [0.4, 0.5) is 14.5 Å². The molecule has 0 unspecified atom stereocenters. The molecule has 96 valence electrons. The summed E-state index contributed by atoms with van der Waals surface area (Å²) in [6.45, 7) is 0.465. The van der Waals surface area contributed by atoms with Gasteiger partial charge in [-0.3, -0.25) is 4.98 Å². The van der Waals surface area contributed by atoms with E-state index in [1.807, 2.05) is 12.1 Å². The highest BCUT2D eigenvalue weighted by atomic mass is 19.2. The number of benzene rings is 1. The predicted molar refractivity (Wildman–Crippen MR) is 67.5 cm³/mol. The molecule has 1 aromatic heterocycles. The molecule has 0 saturated carbocycles. The number of nitrogens with zero attached hydrogens (tertiary/aromatic N) is 2. The van der Waals surface area contributed by atoms with Gasteiger partial charge >= 0.3 is 0 Å². The van der Waals surface area contributed by atoms with E-state index in [0.717, 1.165) is 5.56 Å². The lowest BCUT2D eigenvalue weighted by Crippen LogP contribution is -2.07. The molecule has 1 heterocycles. The Hall–Kier alpha value is -2.48. The topological polar surface area (TPSA) is 48.7 Å². The summed E-state index contributed by atoms with van der Waals surface area (Å²) < 4.78 is 26.9. The van der Waals surface area contributed by atoms with Crippen LogP contribution in [0.25, 0.3) is 0 Å². The molecule has 2 aromatic rings. The summed E-state index contributed by atoms with van der Waals surface area (Å²) in [7, 11) is 0. The molecule has 0 aliphatic carbocycles. The van der Waals surface area contributed by atoms with Gasteiger partial charge in [0.05, 0.1) is 11.3 Å². The Balaban J connectivity index is 2.01. The van der Waals surface area contributed by atoms with Crippen LogP contribution in [0.3, 0.4) is 0 Å². The third kappa shape index (κ3) is 3.05. The SMILES string of the molecule is N#Cc1ccc(NCCc2ccncc2)c(F)c1F. The van der Waals surface area contributed by atoms with Gasteiger partial charge in [-0.2, -0.15) is 5.26 Å². The second kappa shape index (κ2) is 5.91. The fourth-order valence-electron chi connectivity index (χ4n) is 1.66. The van der Waals surface area contributed by atoms with Crippen LogP contribution in [-0.4, -0.2) is 11.5 Å². The molecule has 0 bridgehead atoms. The number of hydrogen-bond donors (Lipinski definition) is 1. The predicted octanol–water partition coefficient (Wildman–Crippen LogP) is 2.89. The lowest BCUT2D eigenvalue weighted by atomic mass is 10.1. The van der Waals surface area contributed by atoms with Crippen LogP contribution in [0.2, 0.25) is 0 Å². The highest BCUT2D eigenvalue weighted by Crippen LogP contribution is 2.20. The van der Waals surface area contributed by atoms with Crippen LogP contribution in [-0.2, 0) is 6.42 Å². The lowest BCUT2D eigenvalue weighted by Gasteiger charge is -2.08. The van der Waals surface area contributed by atoms with Crippen molar-refractivity contribution in [2.24, 2.45) is 0 Å². The molecule has 1 aromatic carbocycles. The molecule has 0 atom stereocenters. The minimum absolute atomic E-state index is 0.0607. The molecule has 1 N–H and O–H groups in total. The van der Waals surface area contributed by atoms with Gasteiger partial charge in [0.2, 0.25) is 0 Å². The molecule has 0 radical (unpaired) electrons. The van der Waals surface area contributed by atoms with Crippen LogP contribution in [0, 0.1) is 23.0 Å². The number of halogens is 2. The molecule has 0 fully saturated rings. The molecule has 0 spiro atoms.